The van der Waals surface area contributed by atoms with Crippen molar-refractivity contribution in [1.29, 1.82) is 0 Å². The van der Waals surface area contributed by atoms with Crippen LogP contribution in [0.5, 0.6) is 11.5 Å². The molecule has 152 valence electrons. The molecule has 0 aliphatic heterocycles. The molecule has 0 N–H and O–H groups in total. The highest BCUT2D eigenvalue weighted by atomic mass is 32.2. The Morgan fingerprint density at radius 1 is 0.897 bits per heavy atom. The van der Waals surface area contributed by atoms with Crippen molar-refractivity contribution in [1.82, 2.24) is 0 Å². The summed E-state index contributed by atoms with van der Waals surface area (Å²) < 4.78 is 52.5. The Kier molecular flexibility index (Phi) is 6.08. The lowest BCUT2D eigenvalue weighted by atomic mass is 10.1. The number of rotatable bonds is 7. The number of hydrogen-bond acceptors (Lipinski definition) is 4. The second-order valence-electron chi connectivity index (χ2n) is 6.37. The summed E-state index contributed by atoms with van der Waals surface area (Å²) in [5, 5.41) is 0. The number of methoxy groups -OCH3 is 2. The maximum Gasteiger partial charge on any atom is 0.264 e. The fraction of sp³-hybridized carbons (Fsp3) is 0.182. The minimum absolute atomic E-state index is 0.00327. The molecule has 7 heteroatoms. The predicted molar refractivity (Wildman–Crippen MR) is 110 cm³/mol. The zero-order chi connectivity index (χ0) is 21.0. The molecule has 3 rings (SSSR count). The fourth-order valence-electron chi connectivity index (χ4n) is 3.16. The van der Waals surface area contributed by atoms with Crippen LogP contribution in [-0.2, 0) is 10.0 Å². The first kappa shape index (κ1) is 20.7. The number of anilines is 1. The number of ether oxygens (including phenoxy) is 2. The summed E-state index contributed by atoms with van der Waals surface area (Å²) in [6.45, 7) is 1.77. The molecule has 0 aliphatic rings. The largest absolute Gasteiger partial charge is 0.497 e. The van der Waals surface area contributed by atoms with E-state index in [1.54, 1.807) is 56.5 Å². The quantitative estimate of drug-likeness (QED) is 0.556. The van der Waals surface area contributed by atoms with Gasteiger partial charge in [-0.3, -0.25) is 4.31 Å². The van der Waals surface area contributed by atoms with Crippen molar-refractivity contribution < 1.29 is 22.3 Å². The summed E-state index contributed by atoms with van der Waals surface area (Å²) >= 11 is 0. The summed E-state index contributed by atoms with van der Waals surface area (Å²) in [5.74, 6) is 0.617. The SMILES string of the molecule is COc1ccc(OC)c(C(C)N(c2ccccc2)S(=O)(=O)c2ccc(F)cc2)c1. The van der Waals surface area contributed by atoms with E-state index in [1.807, 2.05) is 6.07 Å². The third-order valence-electron chi connectivity index (χ3n) is 4.62. The second kappa shape index (κ2) is 8.53. The molecule has 0 fully saturated rings. The number of benzene rings is 3. The first-order valence-corrected chi connectivity index (χ1v) is 10.4. The van der Waals surface area contributed by atoms with E-state index in [-0.39, 0.29) is 4.90 Å². The summed E-state index contributed by atoms with van der Waals surface area (Å²) in [4.78, 5) is -0.00327. The van der Waals surface area contributed by atoms with Crippen molar-refractivity contribution >= 4 is 15.7 Å². The van der Waals surface area contributed by atoms with E-state index in [0.717, 1.165) is 12.1 Å². The average molecular weight is 415 g/mol. The van der Waals surface area contributed by atoms with Gasteiger partial charge in [0.05, 0.1) is 30.8 Å². The van der Waals surface area contributed by atoms with Gasteiger partial charge in [-0.2, -0.15) is 0 Å². The van der Waals surface area contributed by atoms with Crippen LogP contribution in [0.3, 0.4) is 0 Å². The van der Waals surface area contributed by atoms with E-state index in [2.05, 4.69) is 0 Å². The van der Waals surface area contributed by atoms with Gasteiger partial charge in [0.2, 0.25) is 0 Å². The summed E-state index contributed by atoms with van der Waals surface area (Å²) in [6.07, 6.45) is 0. The van der Waals surface area contributed by atoms with Gasteiger partial charge in [0.15, 0.2) is 0 Å². The highest BCUT2D eigenvalue weighted by molar-refractivity contribution is 7.92. The Morgan fingerprint density at radius 3 is 2.14 bits per heavy atom. The zero-order valence-electron chi connectivity index (χ0n) is 16.4. The van der Waals surface area contributed by atoms with Gasteiger partial charge in [0.25, 0.3) is 10.0 Å². The van der Waals surface area contributed by atoms with E-state index in [1.165, 1.54) is 23.5 Å². The van der Waals surface area contributed by atoms with Gasteiger partial charge < -0.3 is 9.47 Å². The highest BCUT2D eigenvalue weighted by Crippen LogP contribution is 2.38. The molecule has 29 heavy (non-hydrogen) atoms. The van der Waals surface area contributed by atoms with Crippen LogP contribution >= 0.6 is 0 Å². The molecular formula is C22H22FNO4S. The lowest BCUT2D eigenvalue weighted by Gasteiger charge is -2.31. The molecule has 0 saturated carbocycles. The van der Waals surface area contributed by atoms with E-state index >= 15 is 0 Å². The molecule has 5 nitrogen and oxygen atoms in total. The molecule has 0 aliphatic carbocycles. The van der Waals surface area contributed by atoms with Crippen LogP contribution in [0.15, 0.2) is 77.7 Å². The summed E-state index contributed by atoms with van der Waals surface area (Å²) in [7, 11) is -0.923. The minimum atomic E-state index is -3.99. The smallest absolute Gasteiger partial charge is 0.264 e. The summed E-state index contributed by atoms with van der Waals surface area (Å²) in [6, 6.07) is 18.1. The van der Waals surface area contributed by atoms with Crippen molar-refractivity contribution in [3.63, 3.8) is 0 Å². The van der Waals surface area contributed by atoms with Crippen LogP contribution < -0.4 is 13.8 Å². The van der Waals surface area contributed by atoms with Crippen LogP contribution in [0, 0.1) is 5.82 Å². The van der Waals surface area contributed by atoms with Crippen LogP contribution in [0.4, 0.5) is 10.1 Å². The van der Waals surface area contributed by atoms with Crippen molar-refractivity contribution in [2.45, 2.75) is 17.9 Å². The van der Waals surface area contributed by atoms with Gasteiger partial charge >= 0.3 is 0 Å². The number of para-hydroxylation sites is 1. The Morgan fingerprint density at radius 2 is 1.55 bits per heavy atom. The lowest BCUT2D eigenvalue weighted by molar-refractivity contribution is 0.396. The lowest BCUT2D eigenvalue weighted by Crippen LogP contribution is -2.34. The summed E-state index contributed by atoms with van der Waals surface area (Å²) in [5.41, 5.74) is 1.12. The standard InChI is InChI=1S/C22H22FNO4S/c1-16(21-15-19(27-2)11-14-22(21)28-3)24(18-7-5-4-6-8-18)29(25,26)20-12-9-17(23)10-13-20/h4-16H,1-3H3. The van der Waals surface area contributed by atoms with Gasteiger partial charge in [-0.25, -0.2) is 12.8 Å². The molecule has 0 bridgehead atoms. The van der Waals surface area contributed by atoms with Gasteiger partial charge in [0.1, 0.15) is 17.3 Å². The Balaban J connectivity index is 2.18. The topological polar surface area (TPSA) is 55.8 Å². The number of halogens is 1. The molecule has 0 heterocycles. The zero-order valence-corrected chi connectivity index (χ0v) is 17.2. The molecule has 0 aromatic heterocycles. The molecule has 0 spiro atoms. The molecular weight excluding hydrogens is 393 g/mol. The van der Waals surface area contributed by atoms with Crippen LogP contribution in [0.1, 0.15) is 18.5 Å². The second-order valence-corrected chi connectivity index (χ2v) is 8.19. The predicted octanol–water partition coefficient (Wildman–Crippen LogP) is 4.80. The average Bonchev–Trinajstić information content (AvgIpc) is 2.74. The monoisotopic (exact) mass is 415 g/mol. The van der Waals surface area contributed by atoms with Crippen LogP contribution in [0.2, 0.25) is 0 Å². The maximum absolute atomic E-state index is 13.5. The molecule has 0 saturated heterocycles. The van der Waals surface area contributed by atoms with Crippen molar-refractivity contribution in [2.24, 2.45) is 0 Å². The number of nitrogens with zero attached hydrogens (tertiary/aromatic N) is 1. The van der Waals surface area contributed by atoms with Crippen molar-refractivity contribution in [3.05, 3.63) is 84.2 Å². The van der Waals surface area contributed by atoms with Gasteiger partial charge in [-0.05, 0) is 61.5 Å². The fourth-order valence-corrected chi connectivity index (χ4v) is 4.79. The highest BCUT2D eigenvalue weighted by Gasteiger charge is 2.32. The Labute approximate surface area is 170 Å². The normalized spacial score (nSPS) is 12.3. The van der Waals surface area contributed by atoms with Gasteiger partial charge in [-0.15, -0.1) is 0 Å². The van der Waals surface area contributed by atoms with E-state index < -0.39 is 21.9 Å². The van der Waals surface area contributed by atoms with Crippen LogP contribution in [0.25, 0.3) is 0 Å². The molecule has 0 radical (unpaired) electrons. The van der Waals surface area contributed by atoms with Gasteiger partial charge in [0, 0.05) is 5.56 Å². The van der Waals surface area contributed by atoms with E-state index in [4.69, 9.17) is 9.47 Å². The number of sulfonamides is 1. The first-order valence-electron chi connectivity index (χ1n) is 8.95. The van der Waals surface area contributed by atoms with Crippen LogP contribution in [-0.4, -0.2) is 22.6 Å². The third-order valence-corrected chi connectivity index (χ3v) is 6.53. The Bertz CT molecular complexity index is 1070. The van der Waals surface area contributed by atoms with E-state index in [9.17, 15) is 12.8 Å². The van der Waals surface area contributed by atoms with Crippen molar-refractivity contribution in [3.8, 4) is 11.5 Å². The maximum atomic E-state index is 13.5. The Hall–Kier alpha value is -3.06. The molecule has 3 aromatic carbocycles. The third kappa shape index (κ3) is 4.19. The van der Waals surface area contributed by atoms with Crippen molar-refractivity contribution in [2.75, 3.05) is 18.5 Å². The minimum Gasteiger partial charge on any atom is -0.497 e. The van der Waals surface area contributed by atoms with Gasteiger partial charge in [-0.1, -0.05) is 18.2 Å². The molecule has 3 aromatic rings. The first-order chi connectivity index (χ1) is 13.9. The molecule has 1 unspecified atom stereocenters. The molecule has 1 atom stereocenters. The number of hydrogen-bond donors (Lipinski definition) is 0. The molecule has 0 amide bonds. The van der Waals surface area contributed by atoms with E-state index in [0.29, 0.717) is 22.7 Å².